The predicted octanol–water partition coefficient (Wildman–Crippen LogP) is 4.61. The minimum Gasteiger partial charge on any atom is -0.296 e. The van der Waals surface area contributed by atoms with E-state index in [1.807, 2.05) is 12.4 Å². The summed E-state index contributed by atoms with van der Waals surface area (Å²) in [7, 11) is 0. The molecule has 0 aliphatic heterocycles. The molecule has 4 rings (SSSR count). The summed E-state index contributed by atoms with van der Waals surface area (Å²) in [5.41, 5.74) is 6.72. The van der Waals surface area contributed by atoms with Crippen LogP contribution in [0.4, 0.5) is 0 Å². The molecule has 0 radical (unpaired) electrons. The van der Waals surface area contributed by atoms with Crippen LogP contribution in [0.25, 0.3) is 27.8 Å². The number of benzene rings is 2. The third-order valence-electron chi connectivity index (χ3n) is 4.54. The highest BCUT2D eigenvalue weighted by atomic mass is 15.1. The van der Waals surface area contributed by atoms with E-state index in [2.05, 4.69) is 70.8 Å². The molecule has 2 aromatic carbocycles. The fourth-order valence-corrected chi connectivity index (χ4v) is 3.16. The zero-order chi connectivity index (χ0) is 17.2. The molecule has 2 heterocycles. The van der Waals surface area contributed by atoms with Crippen LogP contribution in [0.5, 0.6) is 0 Å². The number of nitrogens with zero attached hydrogens (tertiary/aromatic N) is 4. The molecule has 2 aromatic heterocycles. The zero-order valence-electron chi connectivity index (χ0n) is 14.5. The third kappa shape index (κ3) is 2.80. The van der Waals surface area contributed by atoms with Gasteiger partial charge in [0.25, 0.3) is 0 Å². The maximum absolute atomic E-state index is 4.86. The van der Waals surface area contributed by atoms with E-state index in [9.17, 15) is 0 Å². The van der Waals surface area contributed by atoms with Crippen molar-refractivity contribution in [1.29, 1.82) is 0 Å². The smallest absolute Gasteiger partial charge is 0.115 e. The molecule has 0 atom stereocenters. The highest BCUT2D eigenvalue weighted by molar-refractivity contribution is 5.83. The number of aromatic nitrogens is 4. The number of aryl methyl sites for hydroxylation is 2. The van der Waals surface area contributed by atoms with Crippen molar-refractivity contribution in [3.05, 3.63) is 72.6 Å². The lowest BCUT2D eigenvalue weighted by Gasteiger charge is -2.09. The van der Waals surface area contributed by atoms with Crippen molar-refractivity contribution in [3.8, 4) is 16.8 Å². The van der Waals surface area contributed by atoms with E-state index >= 15 is 0 Å². The molecule has 0 saturated carbocycles. The Morgan fingerprint density at radius 1 is 0.840 bits per heavy atom. The van der Waals surface area contributed by atoms with Crippen molar-refractivity contribution in [3.63, 3.8) is 0 Å². The van der Waals surface area contributed by atoms with Crippen molar-refractivity contribution in [2.75, 3.05) is 0 Å². The van der Waals surface area contributed by atoms with Crippen molar-refractivity contribution in [2.45, 2.75) is 26.7 Å². The Kier molecular flexibility index (Phi) is 4.02. The monoisotopic (exact) mass is 328 g/mol. The number of imidazole rings is 1. The highest BCUT2D eigenvalue weighted by Crippen LogP contribution is 2.27. The molecule has 25 heavy (non-hydrogen) atoms. The molecule has 0 fully saturated rings. The topological polar surface area (TPSA) is 43.6 Å². The van der Waals surface area contributed by atoms with E-state index in [0.29, 0.717) is 0 Å². The molecule has 0 saturated heterocycles. The SMILES string of the molecule is CCc1ccc(-n2c(CC)nc3cc(-c4cncnc4)ccc32)cc1. The predicted molar refractivity (Wildman–Crippen MR) is 101 cm³/mol. The van der Waals surface area contributed by atoms with E-state index in [0.717, 1.165) is 46.5 Å². The first kappa shape index (κ1) is 15.5. The maximum atomic E-state index is 4.86. The lowest BCUT2D eigenvalue weighted by Crippen LogP contribution is -2.00. The Labute approximate surface area is 147 Å². The van der Waals surface area contributed by atoms with Gasteiger partial charge in [-0.3, -0.25) is 4.57 Å². The minimum atomic E-state index is 0.883. The van der Waals surface area contributed by atoms with E-state index < -0.39 is 0 Å². The van der Waals surface area contributed by atoms with Gasteiger partial charge in [-0.1, -0.05) is 32.0 Å². The average molecular weight is 328 g/mol. The summed E-state index contributed by atoms with van der Waals surface area (Å²) in [6, 6.07) is 15.1. The summed E-state index contributed by atoms with van der Waals surface area (Å²) >= 11 is 0. The Hall–Kier alpha value is -3.01. The van der Waals surface area contributed by atoms with Gasteiger partial charge in [-0.05, 0) is 41.8 Å². The van der Waals surface area contributed by atoms with Gasteiger partial charge in [0.1, 0.15) is 12.2 Å². The molecule has 0 N–H and O–H groups in total. The Morgan fingerprint density at radius 3 is 2.28 bits per heavy atom. The van der Waals surface area contributed by atoms with Crippen molar-refractivity contribution < 1.29 is 0 Å². The zero-order valence-corrected chi connectivity index (χ0v) is 14.5. The summed E-state index contributed by atoms with van der Waals surface area (Å²) in [4.78, 5) is 13.1. The Balaban J connectivity index is 1.86. The number of rotatable bonds is 4. The lowest BCUT2D eigenvalue weighted by molar-refractivity contribution is 0.907. The molecular formula is C21H20N4. The van der Waals surface area contributed by atoms with Crippen LogP contribution in [0.15, 0.2) is 61.2 Å². The van der Waals surface area contributed by atoms with Gasteiger partial charge in [-0.2, -0.15) is 0 Å². The molecule has 124 valence electrons. The minimum absolute atomic E-state index is 0.883. The summed E-state index contributed by atoms with van der Waals surface area (Å²) in [5.74, 6) is 1.07. The normalized spacial score (nSPS) is 11.1. The first-order chi connectivity index (χ1) is 12.3. The van der Waals surface area contributed by atoms with Crippen molar-refractivity contribution in [2.24, 2.45) is 0 Å². The van der Waals surface area contributed by atoms with Crippen LogP contribution in [-0.2, 0) is 12.8 Å². The third-order valence-corrected chi connectivity index (χ3v) is 4.54. The molecule has 4 heteroatoms. The van der Waals surface area contributed by atoms with Crippen molar-refractivity contribution in [1.82, 2.24) is 19.5 Å². The van der Waals surface area contributed by atoms with Crippen LogP contribution < -0.4 is 0 Å². The van der Waals surface area contributed by atoms with E-state index in [1.165, 1.54) is 5.56 Å². The molecule has 0 amide bonds. The van der Waals surface area contributed by atoms with Gasteiger partial charge < -0.3 is 0 Å². The van der Waals surface area contributed by atoms with Gasteiger partial charge in [0.2, 0.25) is 0 Å². The first-order valence-corrected chi connectivity index (χ1v) is 8.66. The molecule has 4 aromatic rings. The summed E-state index contributed by atoms with van der Waals surface area (Å²) in [6.45, 7) is 4.32. The van der Waals surface area contributed by atoms with E-state index in [1.54, 1.807) is 6.33 Å². The summed E-state index contributed by atoms with van der Waals surface area (Å²) in [5, 5.41) is 0. The second kappa shape index (κ2) is 6.48. The second-order valence-electron chi connectivity index (χ2n) is 6.07. The van der Waals surface area contributed by atoms with Gasteiger partial charge in [-0.15, -0.1) is 0 Å². The van der Waals surface area contributed by atoms with Crippen LogP contribution in [0.3, 0.4) is 0 Å². The van der Waals surface area contributed by atoms with Crippen LogP contribution in [0, 0.1) is 0 Å². The first-order valence-electron chi connectivity index (χ1n) is 8.66. The Morgan fingerprint density at radius 2 is 1.60 bits per heavy atom. The number of hydrogen-bond donors (Lipinski definition) is 0. The molecular weight excluding hydrogens is 308 g/mol. The molecule has 0 unspecified atom stereocenters. The number of hydrogen-bond acceptors (Lipinski definition) is 3. The van der Waals surface area contributed by atoms with Gasteiger partial charge in [0, 0.05) is 30.1 Å². The Bertz CT molecular complexity index is 1000. The summed E-state index contributed by atoms with van der Waals surface area (Å²) in [6.07, 6.45) is 7.14. The number of fused-ring (bicyclic) bond motifs is 1. The van der Waals surface area contributed by atoms with Crippen LogP contribution in [-0.4, -0.2) is 19.5 Å². The molecule has 4 nitrogen and oxygen atoms in total. The molecule has 0 aliphatic carbocycles. The molecule has 0 bridgehead atoms. The molecule has 0 spiro atoms. The highest BCUT2D eigenvalue weighted by Gasteiger charge is 2.12. The quantitative estimate of drug-likeness (QED) is 0.549. The second-order valence-corrected chi connectivity index (χ2v) is 6.07. The van der Waals surface area contributed by atoms with Gasteiger partial charge in [0.15, 0.2) is 0 Å². The van der Waals surface area contributed by atoms with Gasteiger partial charge in [-0.25, -0.2) is 15.0 Å². The van der Waals surface area contributed by atoms with E-state index in [4.69, 9.17) is 4.98 Å². The standard InChI is InChI=1S/C21H20N4/c1-3-15-5-8-18(9-6-15)25-20-10-7-16(17-12-22-14-23-13-17)11-19(20)24-21(25)4-2/h5-14H,3-4H2,1-2H3. The fraction of sp³-hybridized carbons (Fsp3) is 0.190. The average Bonchev–Trinajstić information content (AvgIpc) is 3.06. The molecule has 0 aliphatic rings. The van der Waals surface area contributed by atoms with Crippen LogP contribution in [0.2, 0.25) is 0 Å². The van der Waals surface area contributed by atoms with Crippen LogP contribution in [0.1, 0.15) is 25.2 Å². The summed E-state index contributed by atoms with van der Waals surface area (Å²) < 4.78 is 2.25. The fourth-order valence-electron chi connectivity index (χ4n) is 3.16. The van der Waals surface area contributed by atoms with E-state index in [-0.39, 0.29) is 0 Å². The van der Waals surface area contributed by atoms with Gasteiger partial charge >= 0.3 is 0 Å². The largest absolute Gasteiger partial charge is 0.296 e. The van der Waals surface area contributed by atoms with Crippen molar-refractivity contribution >= 4 is 11.0 Å². The lowest BCUT2D eigenvalue weighted by atomic mass is 10.1. The maximum Gasteiger partial charge on any atom is 0.115 e. The van der Waals surface area contributed by atoms with Crippen LogP contribution >= 0.6 is 0 Å². The van der Waals surface area contributed by atoms with Gasteiger partial charge in [0.05, 0.1) is 11.0 Å².